The van der Waals surface area contributed by atoms with Crippen LogP contribution in [0.25, 0.3) is 0 Å². The Morgan fingerprint density at radius 3 is 2.39 bits per heavy atom. The summed E-state index contributed by atoms with van der Waals surface area (Å²) in [5, 5.41) is 11.5. The fourth-order valence-corrected chi connectivity index (χ4v) is 1.89. The Kier molecular flexibility index (Phi) is 7.05. The summed E-state index contributed by atoms with van der Waals surface area (Å²) in [6, 6.07) is 6.73. The van der Waals surface area contributed by atoms with E-state index in [1.54, 1.807) is 26.1 Å². The zero-order chi connectivity index (χ0) is 17.4. The van der Waals surface area contributed by atoms with Crippen molar-refractivity contribution in [3.63, 3.8) is 0 Å². The number of hydrogen-bond acceptors (Lipinski definition) is 4. The normalized spacial score (nSPS) is 11.4. The molecule has 0 fully saturated rings. The van der Waals surface area contributed by atoms with E-state index in [-0.39, 0.29) is 18.5 Å². The molecule has 126 valence electrons. The third kappa shape index (κ3) is 6.37. The van der Waals surface area contributed by atoms with Gasteiger partial charge in [0.25, 0.3) is 0 Å². The van der Waals surface area contributed by atoms with Crippen molar-refractivity contribution in [2.24, 2.45) is 5.92 Å². The van der Waals surface area contributed by atoms with Crippen molar-refractivity contribution in [3.05, 3.63) is 29.8 Å². The summed E-state index contributed by atoms with van der Waals surface area (Å²) in [6.07, 6.45) is 0.870. The summed E-state index contributed by atoms with van der Waals surface area (Å²) in [7, 11) is 2.89. The van der Waals surface area contributed by atoms with E-state index in [2.05, 4.69) is 10.1 Å². The number of carbonyl (C=O) groups is 3. The highest BCUT2D eigenvalue weighted by Gasteiger charge is 2.17. The second kappa shape index (κ2) is 8.77. The van der Waals surface area contributed by atoms with E-state index in [9.17, 15) is 14.4 Å². The fourth-order valence-electron chi connectivity index (χ4n) is 1.89. The monoisotopic (exact) mass is 322 g/mol. The maximum atomic E-state index is 12.0. The number of nitrogens with zero attached hydrogens (tertiary/aromatic N) is 1. The van der Waals surface area contributed by atoms with Crippen LogP contribution >= 0.6 is 0 Å². The number of methoxy groups -OCH3 is 1. The molecule has 0 saturated carbocycles. The third-order valence-electron chi connectivity index (χ3n) is 3.37. The van der Waals surface area contributed by atoms with Crippen LogP contribution in [0.5, 0.6) is 0 Å². The summed E-state index contributed by atoms with van der Waals surface area (Å²) in [5.74, 6) is -1.84. The molecule has 0 radical (unpaired) electrons. The Morgan fingerprint density at radius 2 is 1.87 bits per heavy atom. The van der Waals surface area contributed by atoms with Crippen molar-refractivity contribution >= 4 is 23.7 Å². The highest BCUT2D eigenvalue weighted by atomic mass is 16.5. The Balaban J connectivity index is 2.52. The summed E-state index contributed by atoms with van der Waals surface area (Å²) in [4.78, 5) is 35.2. The first-order valence-corrected chi connectivity index (χ1v) is 7.24. The van der Waals surface area contributed by atoms with Crippen LogP contribution in [0.3, 0.4) is 0 Å². The van der Waals surface area contributed by atoms with Gasteiger partial charge in [-0.2, -0.15) is 0 Å². The molecule has 1 unspecified atom stereocenters. The van der Waals surface area contributed by atoms with E-state index < -0.39 is 11.9 Å². The Morgan fingerprint density at radius 1 is 1.26 bits per heavy atom. The van der Waals surface area contributed by atoms with Gasteiger partial charge in [0.1, 0.15) is 0 Å². The van der Waals surface area contributed by atoms with Gasteiger partial charge in [-0.3, -0.25) is 9.59 Å². The molecule has 0 aliphatic carbocycles. The lowest BCUT2D eigenvalue weighted by Crippen LogP contribution is -2.36. The van der Waals surface area contributed by atoms with Gasteiger partial charge in [0.05, 0.1) is 13.0 Å². The van der Waals surface area contributed by atoms with E-state index in [0.717, 1.165) is 5.56 Å². The average molecular weight is 322 g/mol. The molecule has 7 heteroatoms. The lowest BCUT2D eigenvalue weighted by Gasteiger charge is -2.20. The van der Waals surface area contributed by atoms with Gasteiger partial charge in [-0.15, -0.1) is 0 Å². The van der Waals surface area contributed by atoms with Crippen LogP contribution < -0.4 is 5.32 Å². The minimum atomic E-state index is -0.945. The molecule has 0 saturated heterocycles. The molecule has 0 bridgehead atoms. The van der Waals surface area contributed by atoms with Crippen molar-refractivity contribution in [2.75, 3.05) is 26.0 Å². The predicted octanol–water partition coefficient (Wildman–Crippen LogP) is 1.98. The maximum Gasteiger partial charge on any atom is 0.321 e. The number of esters is 1. The summed E-state index contributed by atoms with van der Waals surface area (Å²) in [6.45, 7) is 1.67. The van der Waals surface area contributed by atoms with Gasteiger partial charge in [-0.1, -0.05) is 19.1 Å². The number of anilines is 1. The molecule has 2 amide bonds. The van der Waals surface area contributed by atoms with Crippen LogP contribution in [-0.2, 0) is 20.7 Å². The molecule has 0 spiro atoms. The second-order valence-electron chi connectivity index (χ2n) is 5.32. The van der Waals surface area contributed by atoms with Crippen molar-refractivity contribution in [1.29, 1.82) is 0 Å². The SMILES string of the molecule is COC(=O)CCc1ccc(NC(=O)N(C)CC(C)C(=O)O)cc1. The largest absolute Gasteiger partial charge is 0.481 e. The van der Waals surface area contributed by atoms with Crippen LogP contribution in [0.4, 0.5) is 10.5 Å². The number of urea groups is 1. The Hall–Kier alpha value is -2.57. The fraction of sp³-hybridized carbons (Fsp3) is 0.438. The molecule has 0 aliphatic rings. The zero-order valence-electron chi connectivity index (χ0n) is 13.5. The van der Waals surface area contributed by atoms with Crippen LogP contribution in [-0.4, -0.2) is 48.7 Å². The number of aliphatic carboxylic acids is 1. The first kappa shape index (κ1) is 18.5. The minimum absolute atomic E-state index is 0.123. The standard InChI is InChI=1S/C16H22N2O5/c1-11(15(20)21)10-18(2)16(22)17-13-7-4-12(5-8-13)6-9-14(19)23-3/h4-5,7-8,11H,6,9-10H2,1-3H3,(H,17,22)(H,20,21). The number of amides is 2. The van der Waals surface area contributed by atoms with Crippen LogP contribution in [0.2, 0.25) is 0 Å². The van der Waals surface area contributed by atoms with Gasteiger partial charge in [0, 0.05) is 25.7 Å². The molecular formula is C16H22N2O5. The van der Waals surface area contributed by atoms with E-state index in [4.69, 9.17) is 5.11 Å². The van der Waals surface area contributed by atoms with Crippen molar-refractivity contribution in [3.8, 4) is 0 Å². The molecule has 1 aromatic rings. The number of aryl methyl sites for hydroxylation is 1. The van der Waals surface area contributed by atoms with Gasteiger partial charge in [-0.05, 0) is 24.1 Å². The van der Waals surface area contributed by atoms with Gasteiger partial charge in [0.15, 0.2) is 0 Å². The average Bonchev–Trinajstić information content (AvgIpc) is 2.53. The topological polar surface area (TPSA) is 95.9 Å². The van der Waals surface area contributed by atoms with Gasteiger partial charge >= 0.3 is 18.0 Å². The van der Waals surface area contributed by atoms with Crippen molar-refractivity contribution in [1.82, 2.24) is 4.90 Å². The minimum Gasteiger partial charge on any atom is -0.481 e. The summed E-state index contributed by atoms with van der Waals surface area (Å²) in [5.41, 5.74) is 1.56. The van der Waals surface area contributed by atoms with Crippen LogP contribution in [0.15, 0.2) is 24.3 Å². The maximum absolute atomic E-state index is 12.0. The molecule has 1 aromatic carbocycles. The van der Waals surface area contributed by atoms with Gasteiger partial charge in [-0.25, -0.2) is 4.79 Å². The highest BCUT2D eigenvalue weighted by Crippen LogP contribution is 2.12. The molecular weight excluding hydrogens is 300 g/mol. The highest BCUT2D eigenvalue weighted by molar-refractivity contribution is 5.89. The number of carboxylic acids is 1. The van der Waals surface area contributed by atoms with Gasteiger partial charge < -0.3 is 20.1 Å². The molecule has 0 heterocycles. The number of hydrogen-bond donors (Lipinski definition) is 2. The number of ether oxygens (including phenoxy) is 1. The summed E-state index contributed by atoms with van der Waals surface area (Å²) < 4.78 is 4.58. The quantitative estimate of drug-likeness (QED) is 0.748. The second-order valence-corrected chi connectivity index (χ2v) is 5.32. The van der Waals surface area contributed by atoms with Crippen LogP contribution in [0, 0.1) is 5.92 Å². The molecule has 7 nitrogen and oxygen atoms in total. The van der Waals surface area contributed by atoms with E-state index in [0.29, 0.717) is 18.5 Å². The molecule has 23 heavy (non-hydrogen) atoms. The lowest BCUT2D eigenvalue weighted by molar-refractivity contribution is -0.142. The Bertz CT molecular complexity index is 556. The molecule has 1 rings (SSSR count). The zero-order valence-corrected chi connectivity index (χ0v) is 13.5. The third-order valence-corrected chi connectivity index (χ3v) is 3.37. The number of nitrogens with one attached hydrogen (secondary N) is 1. The first-order valence-electron chi connectivity index (χ1n) is 7.24. The predicted molar refractivity (Wildman–Crippen MR) is 85.2 cm³/mol. The molecule has 0 aromatic heterocycles. The molecule has 1 atom stereocenters. The van der Waals surface area contributed by atoms with Gasteiger partial charge in [0.2, 0.25) is 0 Å². The lowest BCUT2D eigenvalue weighted by atomic mass is 10.1. The smallest absolute Gasteiger partial charge is 0.321 e. The first-order chi connectivity index (χ1) is 10.8. The number of rotatable bonds is 7. The van der Waals surface area contributed by atoms with Crippen LogP contribution in [0.1, 0.15) is 18.9 Å². The molecule has 2 N–H and O–H groups in total. The van der Waals surface area contributed by atoms with E-state index in [1.807, 2.05) is 12.1 Å². The number of benzene rings is 1. The summed E-state index contributed by atoms with van der Waals surface area (Å²) >= 11 is 0. The number of carboxylic acid groups (broad SMARTS) is 1. The molecule has 0 aliphatic heterocycles. The number of carbonyl (C=O) groups excluding carboxylic acids is 2. The Labute approximate surface area is 135 Å². The van der Waals surface area contributed by atoms with Crippen molar-refractivity contribution in [2.45, 2.75) is 19.8 Å². The van der Waals surface area contributed by atoms with E-state index in [1.165, 1.54) is 12.0 Å². The van der Waals surface area contributed by atoms with E-state index >= 15 is 0 Å². The van der Waals surface area contributed by atoms with Crippen molar-refractivity contribution < 1.29 is 24.2 Å².